The fourth-order valence-corrected chi connectivity index (χ4v) is 3.72. The number of carbonyl (C=O) groups is 1. The van der Waals surface area contributed by atoms with Crippen molar-refractivity contribution in [2.45, 2.75) is 11.9 Å². The largest absolute Gasteiger partial charge is 0.367 e. The van der Waals surface area contributed by atoms with E-state index in [1.54, 1.807) is 24.0 Å². The molecule has 1 aliphatic rings. The molecule has 1 saturated heterocycles. The van der Waals surface area contributed by atoms with E-state index in [0.29, 0.717) is 10.6 Å². The Balaban J connectivity index is 1.81. The fourth-order valence-electron chi connectivity index (χ4n) is 2.90. The van der Waals surface area contributed by atoms with Crippen LogP contribution in [0.15, 0.2) is 41.6 Å². The number of hydrogen-bond donors (Lipinski definition) is 1. The molecule has 1 aromatic heterocycles. The molecule has 0 unspecified atom stereocenters. The molecule has 5 nitrogen and oxygen atoms in total. The van der Waals surface area contributed by atoms with Gasteiger partial charge in [0, 0.05) is 43.0 Å². The van der Waals surface area contributed by atoms with Crippen molar-refractivity contribution in [3.8, 4) is 0 Å². The Morgan fingerprint density at radius 2 is 2.00 bits per heavy atom. The summed E-state index contributed by atoms with van der Waals surface area (Å²) in [5.74, 6) is 0.767. The van der Waals surface area contributed by atoms with Crippen molar-refractivity contribution in [3.05, 3.63) is 47.1 Å². The van der Waals surface area contributed by atoms with Crippen LogP contribution in [-0.4, -0.2) is 54.8 Å². The molecule has 0 bridgehead atoms. The Kier molecular flexibility index (Phi) is 6.40. The Labute approximate surface area is 163 Å². The van der Waals surface area contributed by atoms with Gasteiger partial charge in [-0.25, -0.2) is 4.98 Å². The standard InChI is InChI=1S/C19H23ClN4OS/c1-3-26-18-12-14(6-7-21-18)19(25)22-16-13-15(20)4-5-17(16)24-10-8-23(2)9-11-24/h4-7,12-13H,3,8-11H2,1-2H3,(H,22,25). The lowest BCUT2D eigenvalue weighted by Gasteiger charge is -2.35. The van der Waals surface area contributed by atoms with Crippen LogP contribution in [0.25, 0.3) is 0 Å². The number of piperazine rings is 1. The number of nitrogens with zero attached hydrogens (tertiary/aromatic N) is 3. The van der Waals surface area contributed by atoms with E-state index < -0.39 is 0 Å². The van der Waals surface area contributed by atoms with Gasteiger partial charge in [-0.2, -0.15) is 0 Å². The maximum absolute atomic E-state index is 12.8. The van der Waals surface area contributed by atoms with Crippen LogP contribution in [0.4, 0.5) is 11.4 Å². The number of amides is 1. The minimum absolute atomic E-state index is 0.150. The summed E-state index contributed by atoms with van der Waals surface area (Å²) >= 11 is 7.80. The number of thioether (sulfide) groups is 1. The number of nitrogens with one attached hydrogen (secondary N) is 1. The lowest BCUT2D eigenvalue weighted by atomic mass is 10.2. The Morgan fingerprint density at radius 3 is 2.73 bits per heavy atom. The molecule has 7 heteroatoms. The van der Waals surface area contributed by atoms with Crippen molar-refractivity contribution in [1.82, 2.24) is 9.88 Å². The quantitative estimate of drug-likeness (QED) is 0.786. The maximum atomic E-state index is 12.8. The van der Waals surface area contributed by atoms with Crippen LogP contribution in [-0.2, 0) is 0 Å². The van der Waals surface area contributed by atoms with E-state index in [9.17, 15) is 4.79 Å². The van der Waals surface area contributed by atoms with Gasteiger partial charge in [-0.15, -0.1) is 11.8 Å². The summed E-state index contributed by atoms with van der Waals surface area (Å²) < 4.78 is 0. The lowest BCUT2D eigenvalue weighted by Crippen LogP contribution is -2.44. The van der Waals surface area contributed by atoms with E-state index in [-0.39, 0.29) is 5.91 Å². The Morgan fingerprint density at radius 1 is 1.23 bits per heavy atom. The van der Waals surface area contributed by atoms with Gasteiger partial charge in [-0.3, -0.25) is 4.79 Å². The highest BCUT2D eigenvalue weighted by Gasteiger charge is 2.19. The highest BCUT2D eigenvalue weighted by molar-refractivity contribution is 7.99. The molecule has 2 heterocycles. The first kappa shape index (κ1) is 19.0. The smallest absolute Gasteiger partial charge is 0.255 e. The van der Waals surface area contributed by atoms with Gasteiger partial charge in [-0.05, 0) is 43.1 Å². The molecule has 0 radical (unpaired) electrons. The number of pyridine rings is 1. The van der Waals surface area contributed by atoms with Crippen molar-refractivity contribution in [2.75, 3.05) is 49.2 Å². The number of carbonyl (C=O) groups excluding carboxylic acids is 1. The molecule has 138 valence electrons. The summed E-state index contributed by atoms with van der Waals surface area (Å²) in [6, 6.07) is 9.22. The van der Waals surface area contributed by atoms with Crippen LogP contribution in [0, 0.1) is 0 Å². The van der Waals surface area contributed by atoms with E-state index >= 15 is 0 Å². The minimum Gasteiger partial charge on any atom is -0.367 e. The van der Waals surface area contributed by atoms with Gasteiger partial charge < -0.3 is 15.1 Å². The highest BCUT2D eigenvalue weighted by atomic mass is 35.5. The summed E-state index contributed by atoms with van der Waals surface area (Å²) in [6.07, 6.45) is 1.67. The average Bonchev–Trinajstić information content (AvgIpc) is 2.63. The second-order valence-electron chi connectivity index (χ2n) is 6.22. The first-order valence-corrected chi connectivity index (χ1v) is 10.1. The zero-order chi connectivity index (χ0) is 18.5. The van der Waals surface area contributed by atoms with Gasteiger partial charge in [0.2, 0.25) is 0 Å². The molecule has 26 heavy (non-hydrogen) atoms. The topological polar surface area (TPSA) is 48.5 Å². The van der Waals surface area contributed by atoms with Crippen molar-refractivity contribution in [1.29, 1.82) is 0 Å². The van der Waals surface area contributed by atoms with Crippen molar-refractivity contribution in [2.24, 2.45) is 0 Å². The second-order valence-corrected chi connectivity index (χ2v) is 7.94. The normalized spacial score (nSPS) is 15.1. The fraction of sp³-hybridized carbons (Fsp3) is 0.368. The van der Waals surface area contributed by atoms with Gasteiger partial charge in [0.1, 0.15) is 0 Å². The molecule has 0 aliphatic carbocycles. The summed E-state index contributed by atoms with van der Waals surface area (Å²) in [5, 5.41) is 4.49. The molecule has 1 aliphatic heterocycles. The van der Waals surface area contributed by atoms with Crippen molar-refractivity contribution in [3.63, 3.8) is 0 Å². The third-order valence-corrected chi connectivity index (χ3v) is 5.38. The van der Waals surface area contributed by atoms with Crippen LogP contribution in [0.5, 0.6) is 0 Å². The Hall–Kier alpha value is -1.76. The predicted molar refractivity (Wildman–Crippen MR) is 110 cm³/mol. The summed E-state index contributed by atoms with van der Waals surface area (Å²) in [4.78, 5) is 21.6. The van der Waals surface area contributed by atoms with Gasteiger partial charge in [0.25, 0.3) is 5.91 Å². The average molecular weight is 391 g/mol. The van der Waals surface area contributed by atoms with Gasteiger partial charge >= 0.3 is 0 Å². The Bertz CT molecular complexity index is 778. The van der Waals surface area contributed by atoms with E-state index in [4.69, 9.17) is 11.6 Å². The van der Waals surface area contributed by atoms with Crippen LogP contribution >= 0.6 is 23.4 Å². The van der Waals surface area contributed by atoms with E-state index in [1.807, 2.05) is 24.3 Å². The molecule has 1 amide bonds. The zero-order valence-electron chi connectivity index (χ0n) is 15.0. The van der Waals surface area contributed by atoms with Crippen LogP contribution in [0.1, 0.15) is 17.3 Å². The van der Waals surface area contributed by atoms with Crippen molar-refractivity contribution >= 4 is 40.6 Å². The minimum atomic E-state index is -0.150. The molecule has 3 rings (SSSR count). The second kappa shape index (κ2) is 8.75. The number of halogens is 1. The van der Waals surface area contributed by atoms with Crippen LogP contribution in [0.3, 0.4) is 0 Å². The SMILES string of the molecule is CCSc1cc(C(=O)Nc2cc(Cl)ccc2N2CCN(C)CC2)ccn1. The number of anilines is 2. The monoisotopic (exact) mass is 390 g/mol. The summed E-state index contributed by atoms with van der Waals surface area (Å²) in [5.41, 5.74) is 2.35. The lowest BCUT2D eigenvalue weighted by molar-refractivity contribution is 0.102. The third kappa shape index (κ3) is 4.69. The first-order chi connectivity index (χ1) is 12.6. The number of benzene rings is 1. The highest BCUT2D eigenvalue weighted by Crippen LogP contribution is 2.30. The van der Waals surface area contributed by atoms with E-state index in [2.05, 4.69) is 34.1 Å². The number of rotatable bonds is 5. The van der Waals surface area contributed by atoms with E-state index in [1.165, 1.54) is 0 Å². The number of hydrogen-bond acceptors (Lipinski definition) is 5. The molecular formula is C19H23ClN4OS. The molecule has 1 N–H and O–H groups in total. The van der Waals surface area contributed by atoms with Gasteiger partial charge in [0.15, 0.2) is 0 Å². The molecular weight excluding hydrogens is 368 g/mol. The maximum Gasteiger partial charge on any atom is 0.255 e. The summed E-state index contributed by atoms with van der Waals surface area (Å²) in [7, 11) is 2.12. The zero-order valence-corrected chi connectivity index (χ0v) is 16.6. The molecule has 2 aromatic rings. The number of aromatic nitrogens is 1. The van der Waals surface area contributed by atoms with Gasteiger partial charge in [-0.1, -0.05) is 18.5 Å². The molecule has 0 spiro atoms. The molecule has 0 atom stereocenters. The van der Waals surface area contributed by atoms with Gasteiger partial charge in [0.05, 0.1) is 16.4 Å². The van der Waals surface area contributed by atoms with E-state index in [0.717, 1.165) is 48.3 Å². The third-order valence-electron chi connectivity index (χ3n) is 4.34. The molecule has 1 aromatic carbocycles. The summed E-state index contributed by atoms with van der Waals surface area (Å²) in [6.45, 7) is 5.91. The van der Waals surface area contributed by atoms with Crippen LogP contribution < -0.4 is 10.2 Å². The molecule has 1 fully saturated rings. The first-order valence-electron chi connectivity index (χ1n) is 8.70. The van der Waals surface area contributed by atoms with Crippen LogP contribution in [0.2, 0.25) is 5.02 Å². The van der Waals surface area contributed by atoms with Crippen molar-refractivity contribution < 1.29 is 4.79 Å². The molecule has 0 saturated carbocycles. The predicted octanol–water partition coefficient (Wildman–Crippen LogP) is 3.85. The number of likely N-dealkylation sites (N-methyl/N-ethyl adjacent to an activating group) is 1.